The number of para-hydroxylation sites is 1. The minimum absolute atomic E-state index is 0.0854. The molecule has 0 aliphatic rings. The van der Waals surface area contributed by atoms with Crippen molar-refractivity contribution in [1.82, 2.24) is 4.98 Å². The number of carbonyl (C=O) groups is 1. The summed E-state index contributed by atoms with van der Waals surface area (Å²) in [7, 11) is 0. The summed E-state index contributed by atoms with van der Waals surface area (Å²) >= 11 is 0.989. The van der Waals surface area contributed by atoms with Gasteiger partial charge < -0.3 is 10.2 Å². The van der Waals surface area contributed by atoms with Crippen LogP contribution in [0.5, 0.6) is 0 Å². The number of fused-ring (bicyclic) bond motifs is 1. The fourth-order valence-corrected chi connectivity index (χ4v) is 2.33. The first-order chi connectivity index (χ1) is 9.08. The van der Waals surface area contributed by atoms with Crippen LogP contribution in [0.25, 0.3) is 10.9 Å². The van der Waals surface area contributed by atoms with E-state index in [0.717, 1.165) is 22.7 Å². The third kappa shape index (κ3) is 3.53. The summed E-state index contributed by atoms with van der Waals surface area (Å²) in [6.07, 6.45) is -2.10. The molecule has 0 aliphatic carbocycles. The first kappa shape index (κ1) is 14.0. The van der Waals surface area contributed by atoms with E-state index in [1.54, 1.807) is 6.07 Å². The number of aromatic nitrogens is 1. The third-order valence-electron chi connectivity index (χ3n) is 2.74. The summed E-state index contributed by atoms with van der Waals surface area (Å²) in [4.78, 5) is 15.2. The number of carbonyl (C=O) groups excluding carboxylic acids is 1. The molecule has 5 heteroatoms. The van der Waals surface area contributed by atoms with Gasteiger partial charge in [-0.15, -0.1) is 0 Å². The number of rotatable bonds is 4. The Kier molecular flexibility index (Phi) is 4.52. The summed E-state index contributed by atoms with van der Waals surface area (Å²) in [5, 5.41) is 20.7. The summed E-state index contributed by atoms with van der Waals surface area (Å²) < 4.78 is 0. The number of hydrogen-bond acceptors (Lipinski definition) is 5. The van der Waals surface area contributed by atoms with Crippen LogP contribution in [0.15, 0.2) is 36.4 Å². The minimum Gasteiger partial charge on any atom is -0.389 e. The van der Waals surface area contributed by atoms with Crippen molar-refractivity contribution < 1.29 is 15.0 Å². The maximum absolute atomic E-state index is 10.8. The predicted molar refractivity (Wildman–Crippen MR) is 75.8 cm³/mol. The summed E-state index contributed by atoms with van der Waals surface area (Å²) in [5.74, 6) is 0.158. The monoisotopic (exact) mass is 277 g/mol. The van der Waals surface area contributed by atoms with Crippen molar-refractivity contribution in [3.8, 4) is 0 Å². The lowest BCUT2D eigenvalue weighted by Gasteiger charge is -2.16. The molecule has 0 aliphatic heterocycles. The highest BCUT2D eigenvalue weighted by Gasteiger charge is 2.20. The highest BCUT2D eigenvalue weighted by Crippen LogP contribution is 2.21. The molecule has 4 nitrogen and oxygen atoms in total. The second kappa shape index (κ2) is 6.14. The molecule has 2 atom stereocenters. The number of benzene rings is 1. The average molecular weight is 277 g/mol. The van der Waals surface area contributed by atoms with Crippen LogP contribution in [0.2, 0.25) is 0 Å². The van der Waals surface area contributed by atoms with Crippen molar-refractivity contribution in [2.24, 2.45) is 0 Å². The molecule has 0 bridgehead atoms. The summed E-state index contributed by atoms with van der Waals surface area (Å²) in [6.45, 7) is 1.43. The zero-order valence-corrected chi connectivity index (χ0v) is 11.3. The van der Waals surface area contributed by atoms with Gasteiger partial charge in [0.15, 0.2) is 5.12 Å². The van der Waals surface area contributed by atoms with E-state index >= 15 is 0 Å². The lowest BCUT2D eigenvalue weighted by Crippen LogP contribution is -2.22. The highest BCUT2D eigenvalue weighted by molar-refractivity contribution is 8.13. The molecule has 0 saturated carbocycles. The van der Waals surface area contributed by atoms with Gasteiger partial charge in [0.25, 0.3) is 0 Å². The normalized spacial score (nSPS) is 14.3. The molecule has 2 N–H and O–H groups in total. The van der Waals surface area contributed by atoms with Crippen LogP contribution >= 0.6 is 11.8 Å². The Balaban J connectivity index is 2.16. The van der Waals surface area contributed by atoms with E-state index in [9.17, 15) is 15.0 Å². The van der Waals surface area contributed by atoms with E-state index in [-0.39, 0.29) is 10.9 Å². The topological polar surface area (TPSA) is 70.4 Å². The smallest absolute Gasteiger partial charge is 0.185 e. The van der Waals surface area contributed by atoms with Crippen molar-refractivity contribution in [2.75, 3.05) is 5.75 Å². The molecule has 1 aromatic carbocycles. The molecule has 1 aromatic heterocycles. The molecule has 1 heterocycles. The molecule has 0 fully saturated rings. The van der Waals surface area contributed by atoms with E-state index in [2.05, 4.69) is 4.98 Å². The van der Waals surface area contributed by atoms with E-state index in [1.807, 2.05) is 30.3 Å². The fraction of sp³-hybridized carbons (Fsp3) is 0.286. The Morgan fingerprint density at radius 3 is 2.74 bits per heavy atom. The van der Waals surface area contributed by atoms with Gasteiger partial charge in [-0.1, -0.05) is 36.0 Å². The molecule has 0 amide bonds. The van der Waals surface area contributed by atoms with Crippen LogP contribution in [-0.4, -0.2) is 32.2 Å². The maximum atomic E-state index is 10.8. The first-order valence-electron chi connectivity index (χ1n) is 5.93. The fourth-order valence-electron chi connectivity index (χ4n) is 1.74. The first-order valence-corrected chi connectivity index (χ1v) is 6.91. The van der Waals surface area contributed by atoms with Gasteiger partial charge in [-0.2, -0.15) is 0 Å². The second-order valence-electron chi connectivity index (χ2n) is 4.24. The SMILES string of the molecule is CC(=O)SCC(O)C(O)c1ccc2ccccc2n1. The Morgan fingerprint density at radius 1 is 1.26 bits per heavy atom. The molecule has 2 aromatic rings. The molecular weight excluding hydrogens is 262 g/mol. The number of nitrogens with zero attached hydrogens (tertiary/aromatic N) is 1. The van der Waals surface area contributed by atoms with E-state index < -0.39 is 12.2 Å². The standard InChI is InChI=1S/C14H15NO3S/c1-9(16)19-8-13(17)14(18)12-7-6-10-4-2-3-5-11(10)15-12/h2-7,13-14,17-18H,8H2,1H3. The molecule has 0 radical (unpaired) electrons. The van der Waals surface area contributed by atoms with Gasteiger partial charge in [0, 0.05) is 18.1 Å². The number of pyridine rings is 1. The number of aliphatic hydroxyl groups excluding tert-OH is 2. The van der Waals surface area contributed by atoms with Crippen molar-refractivity contribution >= 4 is 27.8 Å². The van der Waals surface area contributed by atoms with Gasteiger partial charge in [0.2, 0.25) is 0 Å². The zero-order chi connectivity index (χ0) is 13.8. The quantitative estimate of drug-likeness (QED) is 0.893. The van der Waals surface area contributed by atoms with Crippen LogP contribution in [0.3, 0.4) is 0 Å². The van der Waals surface area contributed by atoms with Gasteiger partial charge >= 0.3 is 0 Å². The van der Waals surface area contributed by atoms with Gasteiger partial charge in [0.1, 0.15) is 6.10 Å². The number of aliphatic hydroxyl groups is 2. The van der Waals surface area contributed by atoms with Crippen LogP contribution < -0.4 is 0 Å². The van der Waals surface area contributed by atoms with E-state index in [0.29, 0.717) is 5.69 Å². The van der Waals surface area contributed by atoms with Gasteiger partial charge in [-0.25, -0.2) is 4.98 Å². The second-order valence-corrected chi connectivity index (χ2v) is 5.44. The lowest BCUT2D eigenvalue weighted by molar-refractivity contribution is -0.109. The van der Waals surface area contributed by atoms with E-state index in [4.69, 9.17) is 0 Å². The minimum atomic E-state index is -1.09. The van der Waals surface area contributed by atoms with Crippen molar-refractivity contribution in [3.05, 3.63) is 42.1 Å². The van der Waals surface area contributed by atoms with Crippen LogP contribution in [-0.2, 0) is 4.79 Å². The van der Waals surface area contributed by atoms with Crippen molar-refractivity contribution in [2.45, 2.75) is 19.1 Å². The maximum Gasteiger partial charge on any atom is 0.185 e. The zero-order valence-electron chi connectivity index (χ0n) is 10.5. The van der Waals surface area contributed by atoms with Gasteiger partial charge in [0.05, 0.1) is 17.3 Å². The summed E-state index contributed by atoms with van der Waals surface area (Å²) in [5.41, 5.74) is 1.18. The Hall–Kier alpha value is -1.43. The predicted octanol–water partition coefficient (Wildman–Crippen LogP) is 1.91. The molecule has 100 valence electrons. The van der Waals surface area contributed by atoms with Gasteiger partial charge in [-0.3, -0.25) is 4.79 Å². The lowest BCUT2D eigenvalue weighted by atomic mass is 10.1. The largest absolute Gasteiger partial charge is 0.389 e. The molecule has 0 saturated heterocycles. The van der Waals surface area contributed by atoms with Crippen LogP contribution in [0.4, 0.5) is 0 Å². The molecule has 2 unspecified atom stereocenters. The third-order valence-corrected chi connectivity index (χ3v) is 3.66. The highest BCUT2D eigenvalue weighted by atomic mass is 32.2. The number of hydrogen-bond donors (Lipinski definition) is 2. The molecular formula is C14H15NO3S. The van der Waals surface area contributed by atoms with Crippen LogP contribution in [0, 0.1) is 0 Å². The summed E-state index contributed by atoms with van der Waals surface area (Å²) in [6, 6.07) is 11.1. The molecule has 0 spiro atoms. The molecule has 2 rings (SSSR count). The van der Waals surface area contributed by atoms with Crippen LogP contribution in [0.1, 0.15) is 18.7 Å². The van der Waals surface area contributed by atoms with E-state index in [1.165, 1.54) is 6.92 Å². The van der Waals surface area contributed by atoms with Crippen molar-refractivity contribution in [1.29, 1.82) is 0 Å². The number of thioether (sulfide) groups is 1. The van der Waals surface area contributed by atoms with Crippen molar-refractivity contribution in [3.63, 3.8) is 0 Å². The Labute approximate surface area is 115 Å². The van der Waals surface area contributed by atoms with Gasteiger partial charge in [-0.05, 0) is 12.1 Å². The Morgan fingerprint density at radius 2 is 2.00 bits per heavy atom. The Bertz CT molecular complexity index is 588. The average Bonchev–Trinajstić information content (AvgIpc) is 2.43. The molecule has 19 heavy (non-hydrogen) atoms.